The lowest BCUT2D eigenvalue weighted by molar-refractivity contribution is -0.392. The number of hydrogen-bond acceptors (Lipinski definition) is 17. The van der Waals surface area contributed by atoms with Crippen molar-refractivity contribution in [2.75, 3.05) is 26.4 Å². The molecule has 5 heterocycles. The Hall–Kier alpha value is -0.680. The van der Waals surface area contributed by atoms with E-state index in [4.69, 9.17) is 37.9 Å². The third kappa shape index (κ3) is 7.58. The average molecular weight is 873 g/mol. The molecule has 9 N–H and O–H groups in total. The van der Waals surface area contributed by atoms with Crippen molar-refractivity contribution in [3.63, 3.8) is 0 Å². The fourth-order valence-electron chi connectivity index (χ4n) is 14.4. The second kappa shape index (κ2) is 17.2. The summed E-state index contributed by atoms with van der Waals surface area (Å²) in [5.41, 5.74) is 0.301. The molecule has 5 aliphatic heterocycles. The Balaban J connectivity index is 0.917. The van der Waals surface area contributed by atoms with E-state index in [1.165, 1.54) is 12.8 Å². The van der Waals surface area contributed by atoms with Crippen molar-refractivity contribution in [1.82, 2.24) is 0 Å². The summed E-state index contributed by atoms with van der Waals surface area (Å²) in [6.45, 7) is 8.68. The van der Waals surface area contributed by atoms with E-state index in [1.54, 1.807) is 0 Å². The lowest BCUT2D eigenvalue weighted by Gasteiger charge is -2.61. The molecule has 9 aliphatic rings. The zero-order valence-electron chi connectivity index (χ0n) is 36.0. The smallest absolute Gasteiger partial charge is 0.187 e. The standard InChI is InChI=1S/C44H72O17/c1-19-7-12-44(55-17-19)20(2)30-27(61-44)14-25-23-6-5-21-13-22(8-10-42(21,3)24(23)9-11-43(25,30)4)56-41-38(60-40-36(53)34(51)32(49)28(15-45)57-40)37(33(50)29(16-46)58-41)59-39-35(52)31(48)26(47)18-54-39/h19-41,45-53H,5-18H2,1-4H3/t19-,20-,21?,22?,23+,24-,25-,26+,27-,28+,29+,30-,31-,32+,33+,34-,35+,36+,37-,38+,39-,40-,41+,42-,43-,44+/m0/s1. The molecule has 0 aromatic heterocycles. The molecule has 5 saturated heterocycles. The lowest BCUT2D eigenvalue weighted by Crippen LogP contribution is -2.67. The summed E-state index contributed by atoms with van der Waals surface area (Å²) in [5.74, 6) is 3.12. The molecule has 0 radical (unpaired) electrons. The van der Waals surface area contributed by atoms with Gasteiger partial charge >= 0.3 is 0 Å². The van der Waals surface area contributed by atoms with Crippen LogP contribution < -0.4 is 0 Å². The number of ether oxygens (including phenoxy) is 8. The van der Waals surface area contributed by atoms with E-state index >= 15 is 0 Å². The van der Waals surface area contributed by atoms with Crippen molar-refractivity contribution in [2.24, 2.45) is 52.3 Å². The highest BCUT2D eigenvalue weighted by molar-refractivity contribution is 5.15. The number of aliphatic hydroxyl groups excluding tert-OH is 9. The Bertz CT molecular complexity index is 1520. The molecular formula is C44H72O17. The van der Waals surface area contributed by atoms with Crippen LogP contribution in [0.4, 0.5) is 0 Å². The zero-order valence-corrected chi connectivity index (χ0v) is 36.0. The highest BCUT2D eigenvalue weighted by Crippen LogP contribution is 2.71. The predicted molar refractivity (Wildman–Crippen MR) is 210 cm³/mol. The summed E-state index contributed by atoms with van der Waals surface area (Å²) >= 11 is 0. The van der Waals surface area contributed by atoms with Gasteiger partial charge in [-0.25, -0.2) is 0 Å². The van der Waals surface area contributed by atoms with Crippen LogP contribution >= 0.6 is 0 Å². The zero-order chi connectivity index (χ0) is 43.3. The molecule has 17 heteroatoms. The molecule has 26 atom stereocenters. The highest BCUT2D eigenvalue weighted by Gasteiger charge is 2.69. The maximum atomic E-state index is 11.5. The summed E-state index contributed by atoms with van der Waals surface area (Å²) in [4.78, 5) is 0. The molecule has 0 amide bonds. The summed E-state index contributed by atoms with van der Waals surface area (Å²) in [7, 11) is 0. The third-order valence-corrected chi connectivity index (χ3v) is 17.9. The first-order valence-electron chi connectivity index (χ1n) is 23.2. The van der Waals surface area contributed by atoms with Crippen molar-refractivity contribution in [3.05, 3.63) is 0 Å². The van der Waals surface area contributed by atoms with Crippen LogP contribution in [0.5, 0.6) is 0 Å². The van der Waals surface area contributed by atoms with E-state index in [2.05, 4.69) is 27.7 Å². The van der Waals surface area contributed by atoms with Crippen LogP contribution in [-0.2, 0) is 37.9 Å². The van der Waals surface area contributed by atoms with Crippen molar-refractivity contribution >= 4 is 0 Å². The molecule has 350 valence electrons. The SMILES string of the molecule is C[C@H]1CC[C@@]2(OC1)O[C@H]1C[C@H]3[C@@H]4CCC5CC(O[C@@H]6O[C@H](CO)[C@@H](O)[C@H](O[C@@H]7OC[C@@H](O)[C@H](O)[C@H]7O)[C@H]6O[C@@H]6O[C@H](CO)[C@@H](O)[C@H](O)[C@H]6O)CC[C@]5(C)[C@H]4CC[C@]3(C)[C@H]1[C@@H]2C. The topological polar surface area (TPSA) is 256 Å². The molecule has 4 aliphatic carbocycles. The molecule has 0 aromatic carbocycles. The van der Waals surface area contributed by atoms with Crippen LogP contribution in [-0.4, -0.2) is 176 Å². The summed E-state index contributed by atoms with van der Waals surface area (Å²) in [6, 6.07) is 0. The van der Waals surface area contributed by atoms with E-state index in [0.717, 1.165) is 51.6 Å². The van der Waals surface area contributed by atoms with Crippen molar-refractivity contribution < 1.29 is 83.9 Å². The molecule has 9 fully saturated rings. The number of rotatable bonds is 8. The van der Waals surface area contributed by atoms with Crippen LogP contribution in [0.25, 0.3) is 0 Å². The second-order valence-electron chi connectivity index (χ2n) is 21.1. The first-order valence-corrected chi connectivity index (χ1v) is 23.2. The fraction of sp³-hybridized carbons (Fsp3) is 1.00. The van der Waals surface area contributed by atoms with Gasteiger partial charge in [-0.15, -0.1) is 0 Å². The van der Waals surface area contributed by atoms with Crippen LogP contribution in [0, 0.1) is 52.3 Å². The van der Waals surface area contributed by atoms with Gasteiger partial charge in [0.1, 0.15) is 67.1 Å². The predicted octanol–water partition coefficient (Wildman–Crippen LogP) is -0.0945. The minimum Gasteiger partial charge on any atom is -0.394 e. The fourth-order valence-corrected chi connectivity index (χ4v) is 14.4. The van der Waals surface area contributed by atoms with Crippen LogP contribution in [0.3, 0.4) is 0 Å². The Kier molecular flexibility index (Phi) is 12.8. The van der Waals surface area contributed by atoms with Gasteiger partial charge in [0.05, 0.1) is 38.6 Å². The van der Waals surface area contributed by atoms with Crippen molar-refractivity contribution in [3.8, 4) is 0 Å². The largest absolute Gasteiger partial charge is 0.394 e. The molecule has 61 heavy (non-hydrogen) atoms. The summed E-state index contributed by atoms with van der Waals surface area (Å²) in [6.07, 6.45) is -11.8. The Labute approximate surface area is 357 Å². The van der Waals surface area contributed by atoms with E-state index in [9.17, 15) is 46.0 Å². The molecule has 1 spiro atoms. The van der Waals surface area contributed by atoms with E-state index < -0.39 is 112 Å². The van der Waals surface area contributed by atoms with E-state index in [-0.39, 0.29) is 23.0 Å². The van der Waals surface area contributed by atoms with Crippen LogP contribution in [0.2, 0.25) is 0 Å². The van der Waals surface area contributed by atoms with E-state index in [1.807, 2.05) is 0 Å². The lowest BCUT2D eigenvalue weighted by atomic mass is 9.44. The van der Waals surface area contributed by atoms with Crippen LogP contribution in [0.1, 0.15) is 91.9 Å². The van der Waals surface area contributed by atoms with Gasteiger partial charge in [0.15, 0.2) is 24.7 Å². The van der Waals surface area contributed by atoms with Gasteiger partial charge in [0, 0.05) is 12.3 Å². The van der Waals surface area contributed by atoms with Gasteiger partial charge in [0.2, 0.25) is 0 Å². The maximum absolute atomic E-state index is 11.5. The van der Waals surface area contributed by atoms with Gasteiger partial charge in [-0.2, -0.15) is 0 Å². The van der Waals surface area contributed by atoms with E-state index in [0.29, 0.717) is 47.8 Å². The first kappa shape index (κ1) is 45.5. The third-order valence-electron chi connectivity index (χ3n) is 17.9. The second-order valence-corrected chi connectivity index (χ2v) is 21.1. The van der Waals surface area contributed by atoms with Crippen molar-refractivity contribution in [2.45, 2.75) is 196 Å². The van der Waals surface area contributed by atoms with Gasteiger partial charge in [-0.3, -0.25) is 0 Å². The average Bonchev–Trinajstić information content (AvgIpc) is 3.69. The van der Waals surface area contributed by atoms with Gasteiger partial charge in [-0.1, -0.05) is 27.7 Å². The monoisotopic (exact) mass is 872 g/mol. The normalized spacial score (nSPS) is 58.5. The molecular weight excluding hydrogens is 800 g/mol. The van der Waals surface area contributed by atoms with Gasteiger partial charge < -0.3 is 83.9 Å². The Morgan fingerprint density at radius 1 is 0.607 bits per heavy atom. The molecule has 0 aromatic rings. The minimum absolute atomic E-state index is 0.0904. The minimum atomic E-state index is -1.82. The summed E-state index contributed by atoms with van der Waals surface area (Å²) in [5, 5.41) is 95.1. The number of fused-ring (bicyclic) bond motifs is 7. The van der Waals surface area contributed by atoms with Crippen molar-refractivity contribution in [1.29, 1.82) is 0 Å². The molecule has 17 nitrogen and oxygen atoms in total. The highest BCUT2D eigenvalue weighted by atomic mass is 16.8. The van der Waals surface area contributed by atoms with Gasteiger partial charge in [-0.05, 0) is 104 Å². The Morgan fingerprint density at radius 3 is 2.02 bits per heavy atom. The molecule has 2 unspecified atom stereocenters. The molecule has 9 rings (SSSR count). The Morgan fingerprint density at radius 2 is 1.30 bits per heavy atom. The maximum Gasteiger partial charge on any atom is 0.187 e. The molecule has 4 saturated carbocycles. The summed E-state index contributed by atoms with van der Waals surface area (Å²) < 4.78 is 50.0. The van der Waals surface area contributed by atoms with Crippen LogP contribution in [0.15, 0.2) is 0 Å². The van der Waals surface area contributed by atoms with Gasteiger partial charge in [0.25, 0.3) is 0 Å². The number of aliphatic hydroxyl groups is 9. The first-order chi connectivity index (χ1) is 29.0. The molecule has 0 bridgehead atoms. The quantitative estimate of drug-likeness (QED) is 0.145. The number of hydrogen-bond donors (Lipinski definition) is 9.